The van der Waals surface area contributed by atoms with Crippen molar-refractivity contribution in [1.82, 2.24) is 0 Å². The Kier molecular flexibility index (Phi) is 6.72. The number of aliphatic hydroxyl groups excluding tert-OH is 1. The molecule has 0 saturated heterocycles. The molecule has 1 heteroatoms. The Labute approximate surface area is 188 Å². The number of hydrogen-bond donors (Lipinski definition) is 1. The summed E-state index contributed by atoms with van der Waals surface area (Å²) in [5, 5.41) is 10.3. The van der Waals surface area contributed by atoms with E-state index in [2.05, 4.69) is 41.5 Å². The van der Waals surface area contributed by atoms with Crippen LogP contribution in [0.3, 0.4) is 0 Å². The van der Waals surface area contributed by atoms with Gasteiger partial charge in [-0.05, 0) is 122 Å². The SMILES string of the molecule is CCC(CC[C@@H](C)[C@H]1CC[C@H]2[C@@H]3CCC4C[C@H](O)CC[C@]4(C)[C@H]3CC[C@]12C)C(C)C. The van der Waals surface area contributed by atoms with Crippen molar-refractivity contribution in [1.29, 1.82) is 0 Å². The minimum absolute atomic E-state index is 0.0111. The topological polar surface area (TPSA) is 20.2 Å². The van der Waals surface area contributed by atoms with Crippen LogP contribution < -0.4 is 0 Å². The van der Waals surface area contributed by atoms with Crippen molar-refractivity contribution in [3.8, 4) is 0 Å². The van der Waals surface area contributed by atoms with E-state index in [1.54, 1.807) is 0 Å². The third kappa shape index (κ3) is 3.82. The molecule has 0 aromatic rings. The first-order valence-corrected chi connectivity index (χ1v) is 13.9. The molecule has 0 spiro atoms. The Balaban J connectivity index is 1.45. The molecule has 0 heterocycles. The van der Waals surface area contributed by atoms with Gasteiger partial charge < -0.3 is 5.11 Å². The average Bonchev–Trinajstić information content (AvgIpc) is 3.06. The van der Waals surface area contributed by atoms with Crippen molar-refractivity contribution < 1.29 is 5.11 Å². The van der Waals surface area contributed by atoms with Crippen LogP contribution in [-0.4, -0.2) is 11.2 Å². The predicted molar refractivity (Wildman–Crippen MR) is 128 cm³/mol. The van der Waals surface area contributed by atoms with Crippen LogP contribution in [0.2, 0.25) is 0 Å². The largest absolute Gasteiger partial charge is 0.393 e. The first kappa shape index (κ1) is 23.1. The Hall–Kier alpha value is -0.0400. The molecule has 4 rings (SSSR count). The van der Waals surface area contributed by atoms with Crippen LogP contribution in [-0.2, 0) is 0 Å². The van der Waals surface area contributed by atoms with Gasteiger partial charge in [0.15, 0.2) is 0 Å². The summed E-state index contributed by atoms with van der Waals surface area (Å²) in [4.78, 5) is 0. The van der Waals surface area contributed by atoms with Crippen molar-refractivity contribution in [3.05, 3.63) is 0 Å². The molecule has 30 heavy (non-hydrogen) atoms. The minimum Gasteiger partial charge on any atom is -0.393 e. The van der Waals surface area contributed by atoms with Crippen LogP contribution in [0.4, 0.5) is 0 Å². The summed E-state index contributed by atoms with van der Waals surface area (Å²) < 4.78 is 0. The normalized spacial score (nSPS) is 48.0. The Morgan fingerprint density at radius 3 is 2.23 bits per heavy atom. The van der Waals surface area contributed by atoms with E-state index in [0.717, 1.165) is 60.2 Å². The maximum absolute atomic E-state index is 10.3. The lowest BCUT2D eigenvalue weighted by Gasteiger charge is -2.61. The second-order valence-electron chi connectivity index (χ2n) is 13.3. The van der Waals surface area contributed by atoms with Crippen molar-refractivity contribution >= 4 is 0 Å². The molecule has 0 radical (unpaired) electrons. The van der Waals surface area contributed by atoms with Gasteiger partial charge in [0.1, 0.15) is 0 Å². The zero-order valence-electron chi connectivity index (χ0n) is 21.1. The van der Waals surface area contributed by atoms with E-state index < -0.39 is 0 Å². The van der Waals surface area contributed by atoms with Gasteiger partial charge in [0.05, 0.1) is 6.10 Å². The van der Waals surface area contributed by atoms with E-state index in [9.17, 15) is 5.11 Å². The van der Waals surface area contributed by atoms with Crippen LogP contribution in [0.5, 0.6) is 0 Å². The van der Waals surface area contributed by atoms with Gasteiger partial charge >= 0.3 is 0 Å². The highest BCUT2D eigenvalue weighted by atomic mass is 16.3. The molecule has 4 aliphatic rings. The van der Waals surface area contributed by atoms with E-state index in [1.165, 1.54) is 64.2 Å². The summed E-state index contributed by atoms with van der Waals surface area (Å²) in [7, 11) is 0. The van der Waals surface area contributed by atoms with Crippen molar-refractivity contribution in [3.63, 3.8) is 0 Å². The average molecular weight is 417 g/mol. The van der Waals surface area contributed by atoms with E-state index in [0.29, 0.717) is 10.8 Å². The highest BCUT2D eigenvalue weighted by Crippen LogP contribution is 2.68. The fraction of sp³-hybridized carbons (Fsp3) is 1.00. The molecule has 0 bridgehead atoms. The molecule has 174 valence electrons. The van der Waals surface area contributed by atoms with Crippen LogP contribution in [0.1, 0.15) is 119 Å². The van der Waals surface area contributed by atoms with Gasteiger partial charge in [-0.25, -0.2) is 0 Å². The molecule has 4 fully saturated rings. The van der Waals surface area contributed by atoms with Crippen LogP contribution in [0, 0.1) is 58.2 Å². The molecule has 4 saturated carbocycles. The maximum Gasteiger partial charge on any atom is 0.0543 e. The zero-order valence-corrected chi connectivity index (χ0v) is 21.1. The standard InChI is InChI=1S/C29H52O/c1-7-21(19(2)3)9-8-20(4)25-12-13-26-24-11-10-22-18-23(30)14-16-28(22,5)27(24)15-17-29(25,26)6/h19-27,30H,7-18H2,1-6H3/t20-,21?,22?,23-,24+,25-,26+,27+,28+,29-/m1/s1. The minimum atomic E-state index is -0.0111. The Morgan fingerprint density at radius 2 is 1.53 bits per heavy atom. The molecule has 0 aliphatic heterocycles. The fourth-order valence-corrected chi connectivity index (χ4v) is 9.90. The fourth-order valence-electron chi connectivity index (χ4n) is 9.90. The van der Waals surface area contributed by atoms with Gasteiger partial charge in [-0.1, -0.05) is 54.4 Å². The lowest BCUT2D eigenvalue weighted by atomic mass is 9.44. The van der Waals surface area contributed by atoms with Crippen LogP contribution in [0.25, 0.3) is 0 Å². The lowest BCUT2D eigenvalue weighted by Crippen LogP contribution is -2.54. The van der Waals surface area contributed by atoms with E-state index in [4.69, 9.17) is 0 Å². The maximum atomic E-state index is 10.3. The van der Waals surface area contributed by atoms with Gasteiger partial charge in [-0.3, -0.25) is 0 Å². The van der Waals surface area contributed by atoms with Gasteiger partial charge in [0, 0.05) is 0 Å². The van der Waals surface area contributed by atoms with Crippen molar-refractivity contribution in [2.24, 2.45) is 58.2 Å². The first-order chi connectivity index (χ1) is 14.2. The molecule has 2 unspecified atom stereocenters. The van der Waals surface area contributed by atoms with E-state index >= 15 is 0 Å². The smallest absolute Gasteiger partial charge is 0.0543 e. The Morgan fingerprint density at radius 1 is 0.833 bits per heavy atom. The molecule has 10 atom stereocenters. The number of rotatable bonds is 6. The highest BCUT2D eigenvalue weighted by Gasteiger charge is 2.60. The van der Waals surface area contributed by atoms with Gasteiger partial charge in [0.2, 0.25) is 0 Å². The molecule has 0 aromatic carbocycles. The summed E-state index contributed by atoms with van der Waals surface area (Å²) in [6.45, 7) is 15.2. The van der Waals surface area contributed by atoms with Crippen LogP contribution >= 0.6 is 0 Å². The Bertz CT molecular complexity index is 583. The predicted octanol–water partition coefficient (Wildman–Crippen LogP) is 8.10. The quantitative estimate of drug-likeness (QED) is 0.463. The summed E-state index contributed by atoms with van der Waals surface area (Å²) in [6.07, 6.45) is 16.5. The second-order valence-corrected chi connectivity index (χ2v) is 13.3. The lowest BCUT2D eigenvalue weighted by molar-refractivity contribution is -0.129. The van der Waals surface area contributed by atoms with Gasteiger partial charge in [-0.2, -0.15) is 0 Å². The van der Waals surface area contributed by atoms with Gasteiger partial charge in [-0.15, -0.1) is 0 Å². The summed E-state index contributed by atoms with van der Waals surface area (Å²) in [5.74, 6) is 7.34. The summed E-state index contributed by atoms with van der Waals surface area (Å²) in [6, 6.07) is 0. The third-order valence-electron chi connectivity index (χ3n) is 11.9. The molecule has 4 aliphatic carbocycles. The number of fused-ring (bicyclic) bond motifs is 5. The number of aliphatic hydroxyl groups is 1. The molecule has 1 N–H and O–H groups in total. The third-order valence-corrected chi connectivity index (χ3v) is 11.9. The highest BCUT2D eigenvalue weighted by molar-refractivity contribution is 5.09. The summed E-state index contributed by atoms with van der Waals surface area (Å²) >= 11 is 0. The van der Waals surface area contributed by atoms with Crippen molar-refractivity contribution in [2.45, 2.75) is 125 Å². The number of hydrogen-bond acceptors (Lipinski definition) is 1. The molecule has 0 amide bonds. The second kappa shape index (κ2) is 8.72. The van der Waals surface area contributed by atoms with Crippen LogP contribution in [0.15, 0.2) is 0 Å². The molecule has 0 aromatic heterocycles. The van der Waals surface area contributed by atoms with E-state index in [1.807, 2.05) is 0 Å². The van der Waals surface area contributed by atoms with E-state index in [-0.39, 0.29) is 6.10 Å². The van der Waals surface area contributed by atoms with Gasteiger partial charge in [0.25, 0.3) is 0 Å². The zero-order chi connectivity index (χ0) is 21.7. The molecular weight excluding hydrogens is 364 g/mol. The summed E-state index contributed by atoms with van der Waals surface area (Å²) in [5.41, 5.74) is 1.14. The monoisotopic (exact) mass is 416 g/mol. The molecular formula is C29H52O. The molecule has 1 nitrogen and oxygen atoms in total. The van der Waals surface area contributed by atoms with Crippen molar-refractivity contribution in [2.75, 3.05) is 0 Å². The first-order valence-electron chi connectivity index (χ1n) is 13.9.